The Morgan fingerprint density at radius 1 is 1.28 bits per heavy atom. The van der Waals surface area contributed by atoms with Gasteiger partial charge < -0.3 is 11.5 Å². The van der Waals surface area contributed by atoms with Crippen LogP contribution in [0.3, 0.4) is 0 Å². The highest BCUT2D eigenvalue weighted by Crippen LogP contribution is 2.32. The number of rotatable bonds is 3. The number of fused-ring (bicyclic) bond motifs is 1. The number of amides is 1. The number of carbonyl (C=O) groups excluding carboxylic acids is 1. The summed E-state index contributed by atoms with van der Waals surface area (Å²) >= 11 is 0. The van der Waals surface area contributed by atoms with Crippen LogP contribution in [0.2, 0.25) is 0 Å². The van der Waals surface area contributed by atoms with E-state index in [-0.39, 0.29) is 18.0 Å². The van der Waals surface area contributed by atoms with Gasteiger partial charge in [-0.3, -0.25) is 9.69 Å². The van der Waals surface area contributed by atoms with Crippen LogP contribution in [0.25, 0.3) is 0 Å². The van der Waals surface area contributed by atoms with Gasteiger partial charge in [-0.2, -0.15) is 0 Å². The highest BCUT2D eigenvalue weighted by Gasteiger charge is 2.25. The first kappa shape index (κ1) is 13.1. The van der Waals surface area contributed by atoms with Gasteiger partial charge in [-0.15, -0.1) is 0 Å². The van der Waals surface area contributed by atoms with Gasteiger partial charge in [0.05, 0.1) is 6.67 Å². The highest BCUT2D eigenvalue weighted by molar-refractivity contribution is 5.96. The maximum Gasteiger partial charge on any atom is 0.228 e. The SMILES string of the molecule is CC(C)(CN)c1ccc2c(c1)CCC(=O)N2CN. The van der Waals surface area contributed by atoms with E-state index in [9.17, 15) is 4.79 Å². The summed E-state index contributed by atoms with van der Waals surface area (Å²) in [6.45, 7) is 5.10. The molecule has 0 fully saturated rings. The van der Waals surface area contributed by atoms with Crippen LogP contribution in [-0.2, 0) is 16.6 Å². The van der Waals surface area contributed by atoms with E-state index in [1.807, 2.05) is 12.1 Å². The maximum absolute atomic E-state index is 11.8. The van der Waals surface area contributed by atoms with Crippen molar-refractivity contribution >= 4 is 11.6 Å². The molecule has 98 valence electrons. The Hall–Kier alpha value is -1.39. The van der Waals surface area contributed by atoms with Gasteiger partial charge in [0.1, 0.15) is 0 Å². The smallest absolute Gasteiger partial charge is 0.228 e. The summed E-state index contributed by atoms with van der Waals surface area (Å²) in [4.78, 5) is 13.4. The molecule has 0 aromatic heterocycles. The monoisotopic (exact) mass is 247 g/mol. The quantitative estimate of drug-likeness (QED) is 0.840. The molecule has 0 spiro atoms. The van der Waals surface area contributed by atoms with Gasteiger partial charge in [0, 0.05) is 24.1 Å². The van der Waals surface area contributed by atoms with Gasteiger partial charge >= 0.3 is 0 Å². The summed E-state index contributed by atoms with van der Waals surface area (Å²) < 4.78 is 0. The van der Waals surface area contributed by atoms with Crippen molar-refractivity contribution in [1.29, 1.82) is 0 Å². The molecule has 1 aliphatic rings. The molecule has 1 aromatic carbocycles. The summed E-state index contributed by atoms with van der Waals surface area (Å²) in [5.74, 6) is 0.107. The number of hydrogen-bond donors (Lipinski definition) is 2. The first-order valence-electron chi connectivity index (χ1n) is 6.33. The predicted octanol–water partition coefficient (Wildman–Crippen LogP) is 1.12. The molecule has 0 saturated carbocycles. The highest BCUT2D eigenvalue weighted by atomic mass is 16.2. The summed E-state index contributed by atoms with van der Waals surface area (Å²) in [7, 11) is 0. The van der Waals surface area contributed by atoms with Crippen LogP contribution in [0.4, 0.5) is 5.69 Å². The largest absolute Gasteiger partial charge is 0.330 e. The van der Waals surface area contributed by atoms with Crippen LogP contribution in [0.15, 0.2) is 18.2 Å². The Morgan fingerprint density at radius 2 is 2.00 bits per heavy atom. The van der Waals surface area contributed by atoms with Gasteiger partial charge in [0.2, 0.25) is 5.91 Å². The van der Waals surface area contributed by atoms with Gasteiger partial charge in [-0.25, -0.2) is 0 Å². The second-order valence-electron chi connectivity index (χ2n) is 5.44. The lowest BCUT2D eigenvalue weighted by molar-refractivity contribution is -0.118. The van der Waals surface area contributed by atoms with E-state index in [1.54, 1.807) is 4.90 Å². The number of anilines is 1. The Balaban J connectivity index is 2.42. The first-order valence-corrected chi connectivity index (χ1v) is 6.33. The molecular formula is C14H21N3O. The molecule has 1 aliphatic heterocycles. The van der Waals surface area contributed by atoms with Crippen LogP contribution in [0, 0.1) is 0 Å². The molecule has 4 nitrogen and oxygen atoms in total. The molecular weight excluding hydrogens is 226 g/mol. The predicted molar refractivity (Wildman–Crippen MR) is 73.4 cm³/mol. The molecule has 4 heteroatoms. The Labute approximate surface area is 108 Å². The summed E-state index contributed by atoms with van der Waals surface area (Å²) in [5.41, 5.74) is 14.8. The van der Waals surface area contributed by atoms with Crippen LogP contribution in [-0.4, -0.2) is 19.1 Å². The van der Waals surface area contributed by atoms with Crippen LogP contribution >= 0.6 is 0 Å². The van der Waals surface area contributed by atoms with Crippen molar-refractivity contribution in [2.75, 3.05) is 18.1 Å². The van der Waals surface area contributed by atoms with E-state index in [2.05, 4.69) is 19.9 Å². The van der Waals surface area contributed by atoms with E-state index in [4.69, 9.17) is 11.5 Å². The molecule has 1 heterocycles. The molecule has 1 amide bonds. The standard InChI is InChI=1S/C14H21N3O/c1-14(2,8-15)11-4-5-12-10(7-11)3-6-13(18)17(12)9-16/h4-5,7H,3,6,8-9,15-16H2,1-2H3. The fraction of sp³-hybridized carbons (Fsp3) is 0.500. The molecule has 2 rings (SSSR count). The molecule has 1 aromatic rings. The third-order valence-corrected chi connectivity index (χ3v) is 3.75. The topological polar surface area (TPSA) is 72.4 Å². The third-order valence-electron chi connectivity index (χ3n) is 3.75. The molecule has 0 aliphatic carbocycles. The number of aryl methyl sites for hydroxylation is 1. The Bertz CT molecular complexity index is 468. The number of carbonyl (C=O) groups is 1. The van der Waals surface area contributed by atoms with Gasteiger partial charge in [0.25, 0.3) is 0 Å². The van der Waals surface area contributed by atoms with Gasteiger partial charge in [-0.1, -0.05) is 26.0 Å². The fourth-order valence-electron chi connectivity index (χ4n) is 2.30. The zero-order chi connectivity index (χ0) is 13.3. The lowest BCUT2D eigenvalue weighted by atomic mass is 9.83. The molecule has 18 heavy (non-hydrogen) atoms. The summed E-state index contributed by atoms with van der Waals surface area (Å²) in [6.07, 6.45) is 1.33. The van der Waals surface area contributed by atoms with Crippen molar-refractivity contribution in [3.05, 3.63) is 29.3 Å². The first-order chi connectivity index (χ1) is 8.49. The van der Waals surface area contributed by atoms with Gasteiger partial charge in [-0.05, 0) is 23.6 Å². The molecule has 4 N–H and O–H groups in total. The van der Waals surface area contributed by atoms with Crippen molar-refractivity contribution in [2.24, 2.45) is 11.5 Å². The van der Waals surface area contributed by atoms with Crippen molar-refractivity contribution in [1.82, 2.24) is 0 Å². The number of benzene rings is 1. The fourth-order valence-corrected chi connectivity index (χ4v) is 2.30. The van der Waals surface area contributed by atoms with E-state index in [1.165, 1.54) is 11.1 Å². The zero-order valence-corrected chi connectivity index (χ0v) is 11.1. The van der Waals surface area contributed by atoms with Crippen molar-refractivity contribution in [3.63, 3.8) is 0 Å². The second kappa shape index (κ2) is 4.71. The molecule has 0 radical (unpaired) electrons. The zero-order valence-electron chi connectivity index (χ0n) is 11.1. The summed E-state index contributed by atoms with van der Waals surface area (Å²) in [6, 6.07) is 6.20. The van der Waals surface area contributed by atoms with Crippen molar-refractivity contribution in [2.45, 2.75) is 32.1 Å². The Kier molecular flexibility index (Phi) is 3.41. The van der Waals surface area contributed by atoms with E-state index >= 15 is 0 Å². The third kappa shape index (κ3) is 2.13. The average Bonchev–Trinajstić information content (AvgIpc) is 2.38. The maximum atomic E-state index is 11.8. The van der Waals surface area contributed by atoms with Crippen LogP contribution in [0.5, 0.6) is 0 Å². The van der Waals surface area contributed by atoms with Crippen LogP contribution in [0.1, 0.15) is 31.4 Å². The van der Waals surface area contributed by atoms with Crippen molar-refractivity contribution in [3.8, 4) is 0 Å². The minimum atomic E-state index is -0.0377. The lowest BCUT2D eigenvalue weighted by Gasteiger charge is -2.31. The van der Waals surface area contributed by atoms with E-state index in [0.29, 0.717) is 13.0 Å². The normalized spacial score (nSPS) is 15.8. The minimum Gasteiger partial charge on any atom is -0.330 e. The van der Waals surface area contributed by atoms with E-state index < -0.39 is 0 Å². The lowest BCUT2D eigenvalue weighted by Crippen LogP contribution is -2.39. The molecule has 0 saturated heterocycles. The molecule has 0 bridgehead atoms. The van der Waals surface area contributed by atoms with Crippen molar-refractivity contribution < 1.29 is 4.79 Å². The number of hydrogen-bond acceptors (Lipinski definition) is 3. The Morgan fingerprint density at radius 3 is 2.61 bits per heavy atom. The second-order valence-corrected chi connectivity index (χ2v) is 5.44. The van der Waals surface area contributed by atoms with Crippen LogP contribution < -0.4 is 16.4 Å². The van der Waals surface area contributed by atoms with Gasteiger partial charge in [0.15, 0.2) is 0 Å². The van der Waals surface area contributed by atoms with E-state index in [0.717, 1.165) is 12.1 Å². The number of nitrogens with zero attached hydrogens (tertiary/aromatic N) is 1. The summed E-state index contributed by atoms with van der Waals surface area (Å²) in [5, 5.41) is 0. The molecule has 0 atom stereocenters. The average molecular weight is 247 g/mol. The minimum absolute atomic E-state index is 0.0377. The molecule has 0 unspecified atom stereocenters. The number of nitrogens with two attached hydrogens (primary N) is 2.